The number of Topliss-reactive ketones (excluding diaryl/α,β-unsaturated/α-hetero) is 1. The van der Waals surface area contributed by atoms with Gasteiger partial charge in [0.1, 0.15) is 11.5 Å². The molecule has 0 radical (unpaired) electrons. The first-order valence-corrected chi connectivity index (χ1v) is 6.59. The minimum Gasteiger partial charge on any atom is -0.482 e. The van der Waals surface area contributed by atoms with Gasteiger partial charge in [0.05, 0.1) is 6.61 Å². The minimum absolute atomic E-state index is 0.0743. The molecule has 1 aliphatic rings. The first-order chi connectivity index (χ1) is 9.19. The quantitative estimate of drug-likeness (QED) is 0.765. The minimum atomic E-state index is -0.368. The van der Waals surface area contributed by atoms with E-state index in [-0.39, 0.29) is 12.6 Å². The highest BCUT2D eigenvalue weighted by Gasteiger charge is 2.23. The third-order valence-electron chi connectivity index (χ3n) is 3.26. The van der Waals surface area contributed by atoms with Crippen LogP contribution in [0.15, 0.2) is 24.3 Å². The van der Waals surface area contributed by atoms with E-state index in [0.717, 1.165) is 12.0 Å². The van der Waals surface area contributed by atoms with Crippen LogP contribution in [0.5, 0.6) is 5.75 Å². The van der Waals surface area contributed by atoms with Crippen molar-refractivity contribution in [3.8, 4) is 5.75 Å². The highest BCUT2D eigenvalue weighted by molar-refractivity contribution is 5.81. The second kappa shape index (κ2) is 6.36. The van der Waals surface area contributed by atoms with Crippen LogP contribution in [0.25, 0.3) is 0 Å². The Balaban J connectivity index is 1.88. The summed E-state index contributed by atoms with van der Waals surface area (Å²) in [7, 11) is 0. The van der Waals surface area contributed by atoms with E-state index in [1.165, 1.54) is 0 Å². The third-order valence-corrected chi connectivity index (χ3v) is 3.26. The topological polar surface area (TPSA) is 52.6 Å². The number of esters is 1. The molecule has 0 aliphatic heterocycles. The molecule has 1 fully saturated rings. The predicted molar refractivity (Wildman–Crippen MR) is 70.2 cm³/mol. The van der Waals surface area contributed by atoms with Gasteiger partial charge in [-0.3, -0.25) is 4.79 Å². The van der Waals surface area contributed by atoms with Gasteiger partial charge in [-0.2, -0.15) is 0 Å². The maximum Gasteiger partial charge on any atom is 0.344 e. The van der Waals surface area contributed by atoms with Gasteiger partial charge in [-0.05, 0) is 37.0 Å². The Morgan fingerprint density at radius 1 is 1.32 bits per heavy atom. The zero-order valence-electron chi connectivity index (χ0n) is 11.1. The highest BCUT2D eigenvalue weighted by atomic mass is 16.6. The predicted octanol–water partition coefficient (Wildman–Crippen LogP) is 2.47. The first-order valence-electron chi connectivity index (χ1n) is 6.59. The Labute approximate surface area is 112 Å². The number of carbonyl (C=O) groups excluding carboxylic acids is 2. The molecule has 2 rings (SSSR count). The van der Waals surface area contributed by atoms with E-state index in [1.54, 1.807) is 6.92 Å². The fourth-order valence-corrected chi connectivity index (χ4v) is 2.28. The Hall–Kier alpha value is -1.84. The van der Waals surface area contributed by atoms with Gasteiger partial charge in [0.2, 0.25) is 0 Å². The van der Waals surface area contributed by atoms with Crippen molar-refractivity contribution in [1.29, 1.82) is 0 Å². The molecule has 0 bridgehead atoms. The van der Waals surface area contributed by atoms with Crippen molar-refractivity contribution in [3.05, 3.63) is 29.8 Å². The molecule has 0 amide bonds. The van der Waals surface area contributed by atoms with Crippen LogP contribution < -0.4 is 4.74 Å². The van der Waals surface area contributed by atoms with Crippen LogP contribution in [0.1, 0.15) is 37.7 Å². The first kappa shape index (κ1) is 13.6. The Kier molecular flexibility index (Phi) is 4.55. The summed E-state index contributed by atoms with van der Waals surface area (Å²) in [5.74, 6) is 0.952. The molecule has 1 aliphatic carbocycles. The molecule has 1 aromatic carbocycles. The number of ketones is 1. The fourth-order valence-electron chi connectivity index (χ4n) is 2.28. The van der Waals surface area contributed by atoms with Gasteiger partial charge in [-0.25, -0.2) is 4.79 Å². The van der Waals surface area contributed by atoms with E-state index in [2.05, 4.69) is 0 Å². The van der Waals surface area contributed by atoms with Gasteiger partial charge < -0.3 is 9.47 Å². The molecular formula is C15H18O4. The second-order valence-electron chi connectivity index (χ2n) is 4.64. The summed E-state index contributed by atoms with van der Waals surface area (Å²) < 4.78 is 10.1. The van der Waals surface area contributed by atoms with E-state index >= 15 is 0 Å². The van der Waals surface area contributed by atoms with Crippen LogP contribution in [-0.2, 0) is 14.3 Å². The van der Waals surface area contributed by atoms with Crippen LogP contribution in [0.4, 0.5) is 0 Å². The number of hydrogen-bond acceptors (Lipinski definition) is 4. The molecule has 102 valence electrons. The van der Waals surface area contributed by atoms with Crippen LogP contribution >= 0.6 is 0 Å². The number of ether oxygens (including phenoxy) is 2. The lowest BCUT2D eigenvalue weighted by atomic mass is 9.98. The molecular weight excluding hydrogens is 244 g/mol. The highest BCUT2D eigenvalue weighted by Crippen LogP contribution is 2.32. The van der Waals surface area contributed by atoms with Gasteiger partial charge in [0, 0.05) is 12.8 Å². The summed E-state index contributed by atoms with van der Waals surface area (Å²) in [5.41, 5.74) is 1.16. The maximum atomic E-state index is 11.3. The molecule has 4 heteroatoms. The van der Waals surface area contributed by atoms with Gasteiger partial charge in [-0.15, -0.1) is 0 Å². The Morgan fingerprint density at radius 3 is 2.63 bits per heavy atom. The standard InChI is InChI=1S/C15H18O4/c1-2-18-15(17)10-19-14-7-4-11(5-8-14)12-3-6-13(16)9-12/h4-5,7-8,12H,2-3,6,9-10H2,1H3. The second-order valence-corrected chi connectivity index (χ2v) is 4.64. The van der Waals surface area contributed by atoms with Crippen LogP contribution in [0, 0.1) is 0 Å². The third kappa shape index (κ3) is 3.81. The molecule has 0 spiro atoms. The maximum absolute atomic E-state index is 11.3. The molecule has 0 heterocycles. The molecule has 1 aromatic rings. The lowest BCUT2D eigenvalue weighted by Crippen LogP contribution is -2.14. The van der Waals surface area contributed by atoms with Crippen molar-refractivity contribution < 1.29 is 19.1 Å². The summed E-state index contributed by atoms with van der Waals surface area (Å²) >= 11 is 0. The van der Waals surface area contributed by atoms with E-state index in [1.807, 2.05) is 24.3 Å². The molecule has 0 aromatic heterocycles. The molecule has 19 heavy (non-hydrogen) atoms. The zero-order chi connectivity index (χ0) is 13.7. The summed E-state index contributed by atoms with van der Waals surface area (Å²) in [4.78, 5) is 22.4. The lowest BCUT2D eigenvalue weighted by molar-refractivity contribution is -0.145. The van der Waals surface area contributed by atoms with Gasteiger partial charge >= 0.3 is 5.97 Å². The zero-order valence-corrected chi connectivity index (χ0v) is 11.1. The van der Waals surface area contributed by atoms with Crippen molar-refractivity contribution in [2.75, 3.05) is 13.2 Å². The van der Waals surface area contributed by atoms with Gasteiger partial charge in [-0.1, -0.05) is 12.1 Å². The fraction of sp³-hybridized carbons (Fsp3) is 0.467. The molecule has 1 saturated carbocycles. The molecule has 1 unspecified atom stereocenters. The number of carbonyl (C=O) groups is 2. The summed E-state index contributed by atoms with van der Waals surface area (Å²) in [6, 6.07) is 7.59. The largest absolute Gasteiger partial charge is 0.482 e. The molecule has 4 nitrogen and oxygen atoms in total. The Morgan fingerprint density at radius 2 is 2.05 bits per heavy atom. The average molecular weight is 262 g/mol. The number of rotatable bonds is 5. The lowest BCUT2D eigenvalue weighted by Gasteiger charge is -2.10. The summed E-state index contributed by atoms with van der Waals surface area (Å²) in [5, 5.41) is 0. The summed E-state index contributed by atoms with van der Waals surface area (Å²) in [6.07, 6.45) is 2.26. The van der Waals surface area contributed by atoms with E-state index < -0.39 is 0 Å². The van der Waals surface area contributed by atoms with E-state index in [9.17, 15) is 9.59 Å². The van der Waals surface area contributed by atoms with Crippen molar-refractivity contribution >= 4 is 11.8 Å². The summed E-state index contributed by atoms with van der Waals surface area (Å²) in [6.45, 7) is 2.04. The average Bonchev–Trinajstić information content (AvgIpc) is 2.84. The van der Waals surface area contributed by atoms with Crippen LogP contribution in [-0.4, -0.2) is 25.0 Å². The van der Waals surface area contributed by atoms with Gasteiger partial charge in [0.25, 0.3) is 0 Å². The molecule has 0 saturated heterocycles. The number of hydrogen-bond donors (Lipinski definition) is 0. The van der Waals surface area contributed by atoms with Crippen molar-refractivity contribution in [3.63, 3.8) is 0 Å². The SMILES string of the molecule is CCOC(=O)COc1ccc(C2CCC(=O)C2)cc1. The van der Waals surface area contributed by atoms with E-state index in [0.29, 0.717) is 36.9 Å². The normalized spacial score (nSPS) is 18.4. The monoisotopic (exact) mass is 262 g/mol. The van der Waals surface area contributed by atoms with Crippen molar-refractivity contribution in [2.24, 2.45) is 0 Å². The number of benzene rings is 1. The van der Waals surface area contributed by atoms with Crippen LogP contribution in [0.2, 0.25) is 0 Å². The van der Waals surface area contributed by atoms with Crippen molar-refractivity contribution in [2.45, 2.75) is 32.1 Å². The van der Waals surface area contributed by atoms with Crippen molar-refractivity contribution in [1.82, 2.24) is 0 Å². The van der Waals surface area contributed by atoms with E-state index in [4.69, 9.17) is 9.47 Å². The molecule has 0 N–H and O–H groups in total. The smallest absolute Gasteiger partial charge is 0.344 e. The van der Waals surface area contributed by atoms with Gasteiger partial charge in [0.15, 0.2) is 6.61 Å². The van der Waals surface area contributed by atoms with Crippen LogP contribution in [0.3, 0.4) is 0 Å². The Bertz CT molecular complexity index is 450. The molecule has 1 atom stereocenters.